The minimum Gasteiger partial charge on any atom is -0.341 e. The van der Waals surface area contributed by atoms with Crippen LogP contribution in [0.3, 0.4) is 0 Å². The molecule has 14 heavy (non-hydrogen) atoms. The fraction of sp³-hybridized carbons (Fsp3) is 0.909. The van der Waals surface area contributed by atoms with Crippen LogP contribution in [-0.2, 0) is 4.79 Å². The first-order valence-corrected chi connectivity index (χ1v) is 5.62. The maximum absolute atomic E-state index is 12.0. The quantitative estimate of drug-likeness (QED) is 0.714. The molecule has 1 heterocycles. The molecule has 2 rings (SSSR count). The van der Waals surface area contributed by atoms with Gasteiger partial charge in [-0.15, -0.1) is 0 Å². The Labute approximate surface area is 85.8 Å². The van der Waals surface area contributed by atoms with Crippen LogP contribution in [0.25, 0.3) is 0 Å². The number of hydrogen-bond donors (Lipinski definition) is 1. The largest absolute Gasteiger partial charge is 0.341 e. The molecule has 0 aromatic heterocycles. The first kappa shape index (κ1) is 9.97. The van der Waals surface area contributed by atoms with E-state index in [2.05, 4.69) is 17.1 Å². The molecule has 0 aromatic carbocycles. The van der Waals surface area contributed by atoms with Gasteiger partial charge in [0, 0.05) is 24.5 Å². The Bertz CT molecular complexity index is 235. The number of nitrogens with zero attached hydrogens (tertiary/aromatic N) is 1. The van der Waals surface area contributed by atoms with Gasteiger partial charge in [-0.05, 0) is 32.7 Å². The summed E-state index contributed by atoms with van der Waals surface area (Å²) >= 11 is 0. The average molecular weight is 196 g/mol. The van der Waals surface area contributed by atoms with Crippen molar-refractivity contribution < 1.29 is 4.79 Å². The van der Waals surface area contributed by atoms with E-state index in [1.807, 2.05) is 7.05 Å². The van der Waals surface area contributed by atoms with E-state index in [-0.39, 0.29) is 5.41 Å². The molecule has 3 nitrogen and oxygen atoms in total. The molecular weight excluding hydrogens is 176 g/mol. The molecule has 0 spiro atoms. The third kappa shape index (κ3) is 1.78. The van der Waals surface area contributed by atoms with Gasteiger partial charge in [0.15, 0.2) is 0 Å². The molecule has 0 aromatic rings. The summed E-state index contributed by atoms with van der Waals surface area (Å²) in [5.74, 6) is 0.387. The molecule has 1 atom stereocenters. The van der Waals surface area contributed by atoms with Crippen LogP contribution < -0.4 is 5.32 Å². The zero-order chi connectivity index (χ0) is 10.2. The van der Waals surface area contributed by atoms with E-state index in [9.17, 15) is 4.79 Å². The highest BCUT2D eigenvalue weighted by atomic mass is 16.2. The number of hydrogen-bond acceptors (Lipinski definition) is 2. The summed E-state index contributed by atoms with van der Waals surface area (Å²) in [5, 5.41) is 3.27. The van der Waals surface area contributed by atoms with Crippen LogP contribution in [0.4, 0.5) is 0 Å². The zero-order valence-electron chi connectivity index (χ0n) is 9.18. The van der Waals surface area contributed by atoms with Gasteiger partial charge in [-0.2, -0.15) is 0 Å². The third-order valence-corrected chi connectivity index (χ3v) is 3.63. The number of nitrogens with one attached hydrogen (secondary N) is 1. The lowest BCUT2D eigenvalue weighted by molar-refractivity contribution is -0.137. The lowest BCUT2D eigenvalue weighted by atomic mass is 10.0. The average Bonchev–Trinajstić information content (AvgIpc) is 2.97. The molecule has 1 N–H and O–H groups in total. The number of carbonyl (C=O) groups is 1. The van der Waals surface area contributed by atoms with Crippen molar-refractivity contribution >= 4 is 5.91 Å². The zero-order valence-corrected chi connectivity index (χ0v) is 9.18. The Balaban J connectivity index is 1.93. The van der Waals surface area contributed by atoms with Gasteiger partial charge in [0.1, 0.15) is 0 Å². The highest BCUT2D eigenvalue weighted by Crippen LogP contribution is 2.46. The molecule has 1 saturated heterocycles. The molecule has 1 unspecified atom stereocenters. The van der Waals surface area contributed by atoms with Crippen LogP contribution in [0.2, 0.25) is 0 Å². The predicted octanol–water partition coefficient (Wildman–Crippen LogP) is 0.997. The van der Waals surface area contributed by atoms with Gasteiger partial charge in [0.05, 0.1) is 0 Å². The highest BCUT2D eigenvalue weighted by molar-refractivity contribution is 5.85. The Hall–Kier alpha value is -0.570. The van der Waals surface area contributed by atoms with Crippen LogP contribution in [0.1, 0.15) is 32.6 Å². The van der Waals surface area contributed by atoms with Crippen molar-refractivity contribution in [2.45, 2.75) is 38.6 Å². The SMILES string of the molecule is CNC1CCCN(C(=O)C2(C)CC2)C1. The Kier molecular flexibility index (Phi) is 2.52. The molecule has 80 valence electrons. The van der Waals surface area contributed by atoms with E-state index in [0.29, 0.717) is 11.9 Å². The molecule has 1 amide bonds. The van der Waals surface area contributed by atoms with E-state index in [1.54, 1.807) is 0 Å². The fourth-order valence-electron chi connectivity index (χ4n) is 2.18. The van der Waals surface area contributed by atoms with Gasteiger partial charge >= 0.3 is 0 Å². The summed E-state index contributed by atoms with van der Waals surface area (Å²) in [6, 6.07) is 0.509. The number of likely N-dealkylation sites (tertiary alicyclic amines) is 1. The number of likely N-dealkylation sites (N-methyl/N-ethyl adjacent to an activating group) is 1. The minimum absolute atomic E-state index is 0.00955. The summed E-state index contributed by atoms with van der Waals surface area (Å²) in [6.07, 6.45) is 4.53. The van der Waals surface area contributed by atoms with Gasteiger partial charge in [-0.1, -0.05) is 6.92 Å². The van der Waals surface area contributed by atoms with E-state index < -0.39 is 0 Å². The molecule has 0 bridgehead atoms. The third-order valence-electron chi connectivity index (χ3n) is 3.63. The Morgan fingerprint density at radius 1 is 1.50 bits per heavy atom. The number of rotatable bonds is 2. The maximum Gasteiger partial charge on any atom is 0.228 e. The summed E-state index contributed by atoms with van der Waals surface area (Å²) in [4.78, 5) is 14.1. The van der Waals surface area contributed by atoms with Gasteiger partial charge in [0.25, 0.3) is 0 Å². The van der Waals surface area contributed by atoms with Crippen molar-refractivity contribution in [2.24, 2.45) is 5.41 Å². The normalized spacial score (nSPS) is 30.1. The smallest absolute Gasteiger partial charge is 0.228 e. The molecule has 3 heteroatoms. The monoisotopic (exact) mass is 196 g/mol. The van der Waals surface area contributed by atoms with Crippen molar-refractivity contribution in [2.75, 3.05) is 20.1 Å². The second kappa shape index (κ2) is 3.54. The van der Waals surface area contributed by atoms with Crippen LogP contribution in [0, 0.1) is 5.41 Å². The van der Waals surface area contributed by atoms with Gasteiger partial charge in [-0.3, -0.25) is 4.79 Å². The van der Waals surface area contributed by atoms with Crippen molar-refractivity contribution in [3.05, 3.63) is 0 Å². The topological polar surface area (TPSA) is 32.3 Å². The van der Waals surface area contributed by atoms with Crippen molar-refractivity contribution in [1.29, 1.82) is 0 Å². The summed E-state index contributed by atoms with van der Waals surface area (Å²) in [5.41, 5.74) is 0.00955. The molecular formula is C11H20N2O. The lowest BCUT2D eigenvalue weighted by Gasteiger charge is -2.34. The number of amides is 1. The molecule has 0 radical (unpaired) electrons. The van der Waals surface area contributed by atoms with Gasteiger partial charge < -0.3 is 10.2 Å². The van der Waals surface area contributed by atoms with Gasteiger partial charge in [-0.25, -0.2) is 0 Å². The first-order valence-electron chi connectivity index (χ1n) is 5.62. The van der Waals surface area contributed by atoms with Crippen LogP contribution in [-0.4, -0.2) is 37.0 Å². The highest BCUT2D eigenvalue weighted by Gasteiger charge is 2.47. The van der Waals surface area contributed by atoms with Crippen LogP contribution >= 0.6 is 0 Å². The second-order valence-electron chi connectivity index (χ2n) is 4.94. The minimum atomic E-state index is 0.00955. The maximum atomic E-state index is 12.0. The molecule has 2 aliphatic rings. The number of carbonyl (C=O) groups excluding carboxylic acids is 1. The van der Waals surface area contributed by atoms with Gasteiger partial charge in [0.2, 0.25) is 5.91 Å². The van der Waals surface area contributed by atoms with Crippen LogP contribution in [0.15, 0.2) is 0 Å². The van der Waals surface area contributed by atoms with E-state index in [4.69, 9.17) is 0 Å². The summed E-state index contributed by atoms with van der Waals surface area (Å²) in [7, 11) is 1.98. The van der Waals surface area contributed by atoms with E-state index >= 15 is 0 Å². The van der Waals surface area contributed by atoms with Crippen molar-refractivity contribution in [1.82, 2.24) is 10.2 Å². The Morgan fingerprint density at radius 3 is 2.79 bits per heavy atom. The molecule has 2 fully saturated rings. The standard InChI is InChI=1S/C11H20N2O/c1-11(5-6-11)10(14)13-7-3-4-9(8-13)12-2/h9,12H,3-8H2,1-2H3. The van der Waals surface area contributed by atoms with E-state index in [1.165, 1.54) is 6.42 Å². The predicted molar refractivity (Wildman–Crippen MR) is 56.0 cm³/mol. The van der Waals surface area contributed by atoms with Crippen molar-refractivity contribution in [3.63, 3.8) is 0 Å². The Morgan fingerprint density at radius 2 is 2.21 bits per heavy atom. The second-order valence-corrected chi connectivity index (χ2v) is 4.94. The van der Waals surface area contributed by atoms with Crippen LogP contribution in [0.5, 0.6) is 0 Å². The summed E-state index contributed by atoms with van der Waals surface area (Å²) in [6.45, 7) is 3.97. The molecule has 1 saturated carbocycles. The fourth-order valence-corrected chi connectivity index (χ4v) is 2.18. The molecule has 1 aliphatic carbocycles. The lowest BCUT2D eigenvalue weighted by Crippen LogP contribution is -2.48. The summed E-state index contributed by atoms with van der Waals surface area (Å²) < 4.78 is 0. The number of piperidine rings is 1. The first-order chi connectivity index (χ1) is 6.65. The molecule has 1 aliphatic heterocycles. The van der Waals surface area contributed by atoms with E-state index in [0.717, 1.165) is 32.4 Å². The van der Waals surface area contributed by atoms with Crippen molar-refractivity contribution in [3.8, 4) is 0 Å².